The number of nitrogens with zero attached hydrogens (tertiary/aromatic N) is 1. The van der Waals surface area contributed by atoms with Crippen LogP contribution in [0.4, 0.5) is 0 Å². The van der Waals surface area contributed by atoms with Gasteiger partial charge in [-0.15, -0.1) is 0 Å². The Bertz CT molecular complexity index is 807. The van der Waals surface area contributed by atoms with Crippen molar-refractivity contribution in [3.05, 3.63) is 45.2 Å². The number of aryl methyl sites for hydroxylation is 1. The van der Waals surface area contributed by atoms with Crippen LogP contribution in [-0.2, 0) is 16.0 Å². The van der Waals surface area contributed by atoms with Crippen molar-refractivity contribution in [2.75, 3.05) is 32.9 Å². The number of benzene rings is 1. The summed E-state index contributed by atoms with van der Waals surface area (Å²) >= 11 is 0. The number of fused-ring (bicyclic) bond motifs is 1. The molecule has 0 radical (unpaired) electrons. The number of esters is 1. The zero-order chi connectivity index (χ0) is 17.1. The lowest BCUT2D eigenvalue weighted by atomic mass is 10.0. The van der Waals surface area contributed by atoms with E-state index < -0.39 is 5.97 Å². The molecule has 3 rings (SSSR count). The van der Waals surface area contributed by atoms with Gasteiger partial charge in [0.2, 0.25) is 5.43 Å². The van der Waals surface area contributed by atoms with Crippen molar-refractivity contribution in [3.63, 3.8) is 0 Å². The molecule has 0 amide bonds. The first-order chi connectivity index (χ1) is 11.6. The molecule has 128 valence electrons. The Balaban J connectivity index is 1.99. The summed E-state index contributed by atoms with van der Waals surface area (Å²) in [4.78, 5) is 30.0. The van der Waals surface area contributed by atoms with Crippen LogP contribution in [0, 0.1) is 6.92 Å². The molecule has 1 saturated heterocycles. The van der Waals surface area contributed by atoms with Crippen molar-refractivity contribution in [3.8, 4) is 0 Å². The van der Waals surface area contributed by atoms with Crippen molar-refractivity contribution in [2.45, 2.75) is 20.4 Å². The van der Waals surface area contributed by atoms with Crippen LogP contribution in [-0.4, -0.2) is 48.8 Å². The quantitative estimate of drug-likeness (QED) is 0.866. The van der Waals surface area contributed by atoms with Gasteiger partial charge in [-0.05, 0) is 31.0 Å². The number of morpholine rings is 1. The number of carbonyl (C=O) groups is 1. The molecule has 1 N–H and O–H groups in total. The third-order valence-electron chi connectivity index (χ3n) is 4.25. The van der Waals surface area contributed by atoms with Gasteiger partial charge in [0.05, 0.1) is 25.3 Å². The predicted molar refractivity (Wildman–Crippen MR) is 91.4 cm³/mol. The third kappa shape index (κ3) is 3.34. The monoisotopic (exact) mass is 330 g/mol. The minimum absolute atomic E-state index is 0.0484. The lowest BCUT2D eigenvalue weighted by Gasteiger charge is -2.26. The van der Waals surface area contributed by atoms with E-state index in [1.165, 1.54) is 6.20 Å². The SMILES string of the molecule is CCOC(=O)c1c[nH]c2c(C)cc(CN3CCOCC3)cc2c1=O. The molecule has 24 heavy (non-hydrogen) atoms. The molecule has 0 saturated carbocycles. The first-order valence-corrected chi connectivity index (χ1v) is 8.22. The molecular formula is C18H22N2O4. The maximum absolute atomic E-state index is 12.7. The summed E-state index contributed by atoms with van der Waals surface area (Å²) in [7, 11) is 0. The van der Waals surface area contributed by atoms with E-state index in [0.29, 0.717) is 5.39 Å². The molecule has 1 aromatic heterocycles. The van der Waals surface area contributed by atoms with Gasteiger partial charge in [-0.25, -0.2) is 4.79 Å². The summed E-state index contributed by atoms with van der Waals surface area (Å²) < 4.78 is 10.3. The Morgan fingerprint density at radius 2 is 2.08 bits per heavy atom. The normalized spacial score (nSPS) is 15.6. The molecule has 0 unspecified atom stereocenters. The molecule has 6 heteroatoms. The van der Waals surface area contributed by atoms with Crippen molar-refractivity contribution in [2.24, 2.45) is 0 Å². The number of aromatic nitrogens is 1. The van der Waals surface area contributed by atoms with Gasteiger partial charge >= 0.3 is 5.97 Å². The molecule has 0 atom stereocenters. The van der Waals surface area contributed by atoms with Gasteiger partial charge in [-0.3, -0.25) is 9.69 Å². The van der Waals surface area contributed by atoms with E-state index in [1.807, 2.05) is 13.0 Å². The molecule has 1 aliphatic rings. The zero-order valence-electron chi connectivity index (χ0n) is 14.1. The summed E-state index contributed by atoms with van der Waals surface area (Å²) in [6, 6.07) is 3.96. The summed E-state index contributed by atoms with van der Waals surface area (Å²) in [5.74, 6) is -0.586. The Hall–Kier alpha value is -2.18. The van der Waals surface area contributed by atoms with Crippen LogP contribution >= 0.6 is 0 Å². The number of aromatic amines is 1. The van der Waals surface area contributed by atoms with E-state index in [-0.39, 0.29) is 17.6 Å². The fraction of sp³-hybridized carbons (Fsp3) is 0.444. The minimum atomic E-state index is -0.586. The Morgan fingerprint density at radius 1 is 1.33 bits per heavy atom. The van der Waals surface area contributed by atoms with Crippen LogP contribution in [0.5, 0.6) is 0 Å². The van der Waals surface area contributed by atoms with E-state index >= 15 is 0 Å². The van der Waals surface area contributed by atoms with Gasteiger partial charge in [0.15, 0.2) is 0 Å². The third-order valence-corrected chi connectivity index (χ3v) is 4.25. The Labute approximate surface area is 140 Å². The average Bonchev–Trinajstić information content (AvgIpc) is 2.57. The molecule has 6 nitrogen and oxygen atoms in total. The summed E-state index contributed by atoms with van der Waals surface area (Å²) in [5, 5.41) is 0.531. The smallest absolute Gasteiger partial charge is 0.343 e. The van der Waals surface area contributed by atoms with Crippen molar-refractivity contribution in [1.82, 2.24) is 9.88 Å². The van der Waals surface area contributed by atoms with Crippen LogP contribution in [0.1, 0.15) is 28.4 Å². The molecule has 0 aliphatic carbocycles. The average molecular weight is 330 g/mol. The molecule has 2 aromatic rings. The molecule has 1 aromatic carbocycles. The lowest BCUT2D eigenvalue weighted by Crippen LogP contribution is -2.35. The largest absolute Gasteiger partial charge is 0.462 e. The molecular weight excluding hydrogens is 308 g/mol. The number of hydrogen-bond donors (Lipinski definition) is 1. The maximum atomic E-state index is 12.7. The fourth-order valence-electron chi connectivity index (χ4n) is 3.06. The van der Waals surface area contributed by atoms with Crippen LogP contribution in [0.15, 0.2) is 23.1 Å². The Morgan fingerprint density at radius 3 is 2.79 bits per heavy atom. The van der Waals surface area contributed by atoms with Crippen LogP contribution in [0.3, 0.4) is 0 Å². The summed E-state index contributed by atoms with van der Waals surface area (Å²) in [5.41, 5.74) is 2.58. The van der Waals surface area contributed by atoms with Crippen molar-refractivity contribution >= 4 is 16.9 Å². The van der Waals surface area contributed by atoms with Gasteiger partial charge in [0.1, 0.15) is 5.56 Å². The standard InChI is InChI=1S/C18H22N2O4/c1-3-24-18(22)15-10-19-16-12(2)8-13(9-14(16)17(15)21)11-20-4-6-23-7-5-20/h8-10H,3-7,11H2,1-2H3,(H,19,21). The molecule has 1 fully saturated rings. The van der Waals surface area contributed by atoms with Crippen molar-refractivity contribution in [1.29, 1.82) is 0 Å². The fourth-order valence-corrected chi connectivity index (χ4v) is 3.06. The number of hydrogen-bond acceptors (Lipinski definition) is 5. The number of nitrogens with one attached hydrogen (secondary N) is 1. The topological polar surface area (TPSA) is 71.6 Å². The number of ether oxygens (including phenoxy) is 2. The second kappa shape index (κ2) is 7.15. The first-order valence-electron chi connectivity index (χ1n) is 8.22. The van der Waals surface area contributed by atoms with E-state index in [4.69, 9.17) is 9.47 Å². The number of carbonyl (C=O) groups excluding carboxylic acids is 1. The van der Waals surface area contributed by atoms with E-state index in [1.54, 1.807) is 6.92 Å². The van der Waals surface area contributed by atoms with Gasteiger partial charge in [-0.1, -0.05) is 6.07 Å². The summed E-state index contributed by atoms with van der Waals surface area (Å²) in [6.45, 7) is 7.94. The van der Waals surface area contributed by atoms with Crippen LogP contribution in [0.2, 0.25) is 0 Å². The number of pyridine rings is 1. The highest BCUT2D eigenvalue weighted by Crippen LogP contribution is 2.18. The zero-order valence-corrected chi connectivity index (χ0v) is 14.1. The number of rotatable bonds is 4. The second-order valence-electron chi connectivity index (χ2n) is 5.98. The van der Waals surface area contributed by atoms with Gasteiger partial charge in [-0.2, -0.15) is 0 Å². The van der Waals surface area contributed by atoms with Crippen LogP contribution < -0.4 is 5.43 Å². The van der Waals surface area contributed by atoms with Gasteiger partial charge < -0.3 is 14.5 Å². The van der Waals surface area contributed by atoms with Gasteiger partial charge in [0, 0.05) is 31.2 Å². The minimum Gasteiger partial charge on any atom is -0.462 e. The van der Waals surface area contributed by atoms with E-state index in [2.05, 4.69) is 16.0 Å². The molecule has 0 bridgehead atoms. The molecule has 0 spiro atoms. The molecule has 1 aliphatic heterocycles. The predicted octanol–water partition coefficient (Wildman–Crippen LogP) is 1.85. The highest BCUT2D eigenvalue weighted by atomic mass is 16.5. The maximum Gasteiger partial charge on any atom is 0.343 e. The summed E-state index contributed by atoms with van der Waals surface area (Å²) in [6.07, 6.45) is 1.44. The van der Waals surface area contributed by atoms with Crippen LogP contribution in [0.25, 0.3) is 10.9 Å². The number of H-pyrrole nitrogens is 1. The lowest BCUT2D eigenvalue weighted by molar-refractivity contribution is 0.0342. The van der Waals surface area contributed by atoms with E-state index in [9.17, 15) is 9.59 Å². The van der Waals surface area contributed by atoms with E-state index in [0.717, 1.165) is 49.5 Å². The van der Waals surface area contributed by atoms with Crippen molar-refractivity contribution < 1.29 is 14.3 Å². The van der Waals surface area contributed by atoms with Gasteiger partial charge in [0.25, 0.3) is 0 Å². The Kier molecular flexibility index (Phi) is 4.97. The second-order valence-corrected chi connectivity index (χ2v) is 5.98. The molecule has 2 heterocycles. The first kappa shape index (κ1) is 16.7. The highest BCUT2D eigenvalue weighted by molar-refractivity contribution is 5.94. The highest BCUT2D eigenvalue weighted by Gasteiger charge is 2.16.